The molecule has 92 valence electrons. The second-order valence-corrected chi connectivity index (χ2v) is 3.33. The first-order valence-corrected chi connectivity index (χ1v) is 5.21. The third kappa shape index (κ3) is 22.9. The molecule has 0 bridgehead atoms. The lowest BCUT2D eigenvalue weighted by molar-refractivity contribution is -0.368. The van der Waals surface area contributed by atoms with E-state index in [0.717, 1.165) is 6.54 Å². The fourth-order valence-corrected chi connectivity index (χ4v) is 1.31. The molecule has 0 saturated heterocycles. The monoisotopic (exact) mass is 246 g/mol. The van der Waals surface area contributed by atoms with Gasteiger partial charge in [0, 0.05) is 0 Å². The van der Waals surface area contributed by atoms with E-state index >= 15 is 0 Å². The van der Waals surface area contributed by atoms with Crippen molar-refractivity contribution in [3.63, 3.8) is 0 Å². The van der Waals surface area contributed by atoms with Gasteiger partial charge in [0.25, 0.3) is 0 Å². The van der Waals surface area contributed by atoms with Crippen molar-refractivity contribution in [2.45, 2.75) is 58.3 Å². The van der Waals surface area contributed by atoms with E-state index in [1.54, 1.807) is 0 Å². The van der Waals surface area contributed by atoms with Crippen molar-refractivity contribution >= 4 is 0 Å². The molecule has 2 nitrogen and oxygen atoms in total. The Kier molecular flexibility index (Phi) is 40.0. The van der Waals surface area contributed by atoms with Gasteiger partial charge in [-0.25, -0.2) is 0 Å². The van der Waals surface area contributed by atoms with E-state index in [1.165, 1.54) is 51.4 Å². The standard InChI is InChI=1S/C10H23N.2ClH.H3N/c1-2-3-4-5-6-7-8-9-10-11;;;/h2-11H2,1H3;2*1H;1H3. The average Bonchev–Trinajstić information content (AvgIpc) is 2.03. The molecule has 0 spiro atoms. The number of halogens is 2. The van der Waals surface area contributed by atoms with E-state index < -0.39 is 0 Å². The van der Waals surface area contributed by atoms with Crippen LogP contribution in [-0.4, -0.2) is 6.54 Å². The third-order valence-corrected chi connectivity index (χ3v) is 2.10. The normalized spacial score (nSPS) is 8.14. The van der Waals surface area contributed by atoms with Gasteiger partial charge in [0.15, 0.2) is 0 Å². The molecular weight excluding hydrogens is 219 g/mol. The summed E-state index contributed by atoms with van der Waals surface area (Å²) in [6.07, 6.45) is 11.3. The van der Waals surface area contributed by atoms with Crippen LogP contribution in [0.4, 0.5) is 0 Å². The molecule has 0 heterocycles. The van der Waals surface area contributed by atoms with Crippen molar-refractivity contribution in [3.8, 4) is 0 Å². The van der Waals surface area contributed by atoms with Crippen LogP contribution in [0.5, 0.6) is 0 Å². The topological polar surface area (TPSA) is 64.1 Å². The van der Waals surface area contributed by atoms with Gasteiger partial charge in [-0.2, -0.15) is 0 Å². The second kappa shape index (κ2) is 23.4. The Morgan fingerprint density at radius 1 is 0.714 bits per heavy atom. The van der Waals surface area contributed by atoms with Crippen LogP contribution in [0.2, 0.25) is 0 Å². The Balaban J connectivity index is -0.000000167. The summed E-state index contributed by atoms with van der Waals surface area (Å²) in [5.41, 5.74) is 3.83. The summed E-state index contributed by atoms with van der Waals surface area (Å²) in [6.45, 7) is 3.39. The van der Waals surface area contributed by atoms with Gasteiger partial charge in [-0.05, 0) is 12.8 Å². The predicted octanol–water partition coefficient (Wildman–Crippen LogP) is -3.25. The lowest BCUT2D eigenvalue weighted by Crippen LogP contribution is -3.00. The van der Waals surface area contributed by atoms with Gasteiger partial charge in [0.1, 0.15) is 0 Å². The maximum Gasteiger partial charge on any atom is 0.0739 e. The van der Waals surface area contributed by atoms with Crippen molar-refractivity contribution in [2.75, 3.05) is 6.54 Å². The molecule has 0 saturated carbocycles. The van der Waals surface area contributed by atoms with Gasteiger partial charge in [-0.3, -0.25) is 0 Å². The highest BCUT2D eigenvalue weighted by molar-refractivity contribution is 4.44. The van der Waals surface area contributed by atoms with Crippen molar-refractivity contribution in [3.05, 3.63) is 0 Å². The predicted molar refractivity (Wildman–Crippen MR) is 56.3 cm³/mol. The molecule has 0 radical (unpaired) electrons. The molecule has 0 aliphatic heterocycles. The zero-order valence-electron chi connectivity index (χ0n) is 9.83. The number of quaternary nitrogens is 2. The van der Waals surface area contributed by atoms with E-state index in [-0.39, 0.29) is 31.0 Å². The van der Waals surface area contributed by atoms with Crippen LogP contribution in [0.3, 0.4) is 0 Å². The molecule has 0 unspecified atom stereocenters. The molecule has 4 heteroatoms. The van der Waals surface area contributed by atoms with Gasteiger partial charge in [0.2, 0.25) is 0 Å². The highest BCUT2D eigenvalue weighted by Gasteiger charge is 1.89. The highest BCUT2D eigenvalue weighted by Crippen LogP contribution is 2.07. The number of unbranched alkanes of at least 4 members (excludes halogenated alkanes) is 7. The molecule has 7 N–H and O–H groups in total. The molecule has 0 fully saturated rings. The van der Waals surface area contributed by atoms with Crippen LogP contribution in [0.15, 0.2) is 0 Å². The van der Waals surface area contributed by atoms with E-state index in [1.807, 2.05) is 0 Å². The zero-order valence-corrected chi connectivity index (χ0v) is 11.3. The molecular formula is C10H28Cl2N2. The maximum atomic E-state index is 3.83. The van der Waals surface area contributed by atoms with E-state index in [0.29, 0.717) is 0 Å². The van der Waals surface area contributed by atoms with Crippen LogP contribution in [0, 0.1) is 0 Å². The first-order chi connectivity index (χ1) is 5.41. The number of hydrogen-bond donors (Lipinski definition) is 2. The number of hydrogen-bond acceptors (Lipinski definition) is 0. The first kappa shape index (κ1) is 24.0. The smallest absolute Gasteiger partial charge is 0.0739 e. The van der Waals surface area contributed by atoms with E-state index in [4.69, 9.17) is 0 Å². The summed E-state index contributed by atoms with van der Waals surface area (Å²) in [5.74, 6) is 0. The summed E-state index contributed by atoms with van der Waals surface area (Å²) in [4.78, 5) is 0. The summed E-state index contributed by atoms with van der Waals surface area (Å²) in [6, 6.07) is 0. The van der Waals surface area contributed by atoms with Crippen LogP contribution < -0.4 is 36.7 Å². The summed E-state index contributed by atoms with van der Waals surface area (Å²) in [5, 5.41) is 0. The van der Waals surface area contributed by atoms with Crippen molar-refractivity contribution in [1.82, 2.24) is 6.15 Å². The van der Waals surface area contributed by atoms with Gasteiger partial charge < -0.3 is 36.7 Å². The molecule has 0 aromatic rings. The van der Waals surface area contributed by atoms with Crippen molar-refractivity contribution < 1.29 is 30.5 Å². The SMILES string of the molecule is CCCCCCCCCC[NH3+].[Cl-].[Cl-].[NH4+]. The van der Waals surface area contributed by atoms with Gasteiger partial charge in [0.05, 0.1) is 6.54 Å². The molecule has 0 amide bonds. The van der Waals surface area contributed by atoms with Crippen molar-refractivity contribution in [1.29, 1.82) is 0 Å². The highest BCUT2D eigenvalue weighted by atomic mass is 35.5. The fraction of sp³-hybridized carbons (Fsp3) is 1.00. The fourth-order valence-electron chi connectivity index (χ4n) is 1.31. The molecule has 0 aliphatic rings. The first-order valence-electron chi connectivity index (χ1n) is 5.21. The maximum absolute atomic E-state index is 3.83. The van der Waals surface area contributed by atoms with E-state index in [9.17, 15) is 0 Å². The minimum atomic E-state index is 0. The van der Waals surface area contributed by atoms with E-state index in [2.05, 4.69) is 12.7 Å². The molecule has 0 rings (SSSR count). The Bertz CT molecular complexity index is 65.1. The molecule has 0 aromatic carbocycles. The Labute approximate surface area is 102 Å². The van der Waals surface area contributed by atoms with Crippen LogP contribution in [-0.2, 0) is 0 Å². The zero-order chi connectivity index (χ0) is 8.36. The van der Waals surface area contributed by atoms with Gasteiger partial charge >= 0.3 is 0 Å². The van der Waals surface area contributed by atoms with Gasteiger partial charge in [-0.1, -0.05) is 45.4 Å². The van der Waals surface area contributed by atoms with Crippen LogP contribution in [0.1, 0.15) is 58.3 Å². The summed E-state index contributed by atoms with van der Waals surface area (Å²) < 4.78 is 0. The molecule has 0 aromatic heterocycles. The lowest BCUT2D eigenvalue weighted by atomic mass is 10.1. The Morgan fingerprint density at radius 3 is 1.43 bits per heavy atom. The average molecular weight is 247 g/mol. The minimum absolute atomic E-state index is 0. The van der Waals surface area contributed by atoms with Crippen LogP contribution >= 0.6 is 0 Å². The quantitative estimate of drug-likeness (QED) is 0.423. The number of rotatable bonds is 8. The Morgan fingerprint density at radius 2 is 1.07 bits per heavy atom. The van der Waals surface area contributed by atoms with Crippen molar-refractivity contribution in [2.24, 2.45) is 0 Å². The van der Waals surface area contributed by atoms with Gasteiger partial charge in [-0.15, -0.1) is 0 Å². The summed E-state index contributed by atoms with van der Waals surface area (Å²) in [7, 11) is 0. The minimum Gasteiger partial charge on any atom is -1.00 e. The second-order valence-electron chi connectivity index (χ2n) is 3.33. The molecule has 0 atom stereocenters. The third-order valence-electron chi connectivity index (χ3n) is 2.10. The Hall–Kier alpha value is 0.500. The molecule has 0 aliphatic carbocycles. The van der Waals surface area contributed by atoms with Crippen LogP contribution in [0.25, 0.3) is 0 Å². The molecule has 14 heavy (non-hydrogen) atoms. The largest absolute Gasteiger partial charge is 1.00 e. The lowest BCUT2D eigenvalue weighted by Gasteiger charge is -1.98. The summed E-state index contributed by atoms with van der Waals surface area (Å²) >= 11 is 0.